The molecule has 2 saturated carbocycles. The van der Waals surface area contributed by atoms with Gasteiger partial charge in [-0.1, -0.05) is 124 Å². The second-order valence-electron chi connectivity index (χ2n) is 12.0. The maximum atomic E-state index is 2.56. The molecule has 2 aromatic carbocycles. The molecule has 0 amide bonds. The molecule has 0 unspecified atom stereocenters. The van der Waals surface area contributed by atoms with E-state index in [0.29, 0.717) is 17.8 Å². The number of benzene rings is 2. The smallest absolute Gasteiger partial charge is 0.0101 e. The molecule has 2 aliphatic rings. The van der Waals surface area contributed by atoms with Crippen molar-refractivity contribution in [2.75, 3.05) is 0 Å². The number of hydrogen-bond donors (Lipinski definition) is 0. The van der Waals surface area contributed by atoms with Crippen molar-refractivity contribution in [2.45, 2.75) is 135 Å². The molecule has 2 aliphatic carbocycles. The molecule has 2 fully saturated rings. The Labute approximate surface area is 231 Å². The van der Waals surface area contributed by atoms with Gasteiger partial charge in [0.05, 0.1) is 0 Å². The minimum atomic E-state index is -0.120. The second kappa shape index (κ2) is 13.4. The number of hydrogen-bond acceptors (Lipinski definition) is 0. The molecule has 0 nitrogen and oxygen atoms in total. The van der Waals surface area contributed by atoms with E-state index < -0.39 is 0 Å². The first-order valence-corrected chi connectivity index (χ1v) is 15.9. The van der Waals surface area contributed by atoms with Crippen molar-refractivity contribution in [1.82, 2.24) is 0 Å². The average molecular weight is 583 g/mol. The van der Waals surface area contributed by atoms with Crippen LogP contribution >= 0.6 is 7.92 Å². The summed E-state index contributed by atoms with van der Waals surface area (Å²) in [6, 6.07) is 14.8. The molecule has 0 atom stereocenters. The van der Waals surface area contributed by atoms with Gasteiger partial charge in [-0.2, -0.15) is 0 Å². The SMILES string of the molecule is CC(C)c1cc(C(C)C)c(-c2ccccc2P(C2CCCCC2)C2CCCCC2)c(C(C)C)c1.[Pd-2]. The largest absolute Gasteiger partial charge is 2.00 e. The topological polar surface area (TPSA) is 0 Å². The first-order valence-electron chi connectivity index (χ1n) is 14.4. The van der Waals surface area contributed by atoms with Crippen LogP contribution in [-0.2, 0) is 20.4 Å². The zero-order chi connectivity index (χ0) is 24.2. The minimum Gasteiger partial charge on any atom is -2.00 e. The van der Waals surface area contributed by atoms with Crippen molar-refractivity contribution < 1.29 is 20.4 Å². The Morgan fingerprint density at radius 3 is 1.51 bits per heavy atom. The molecule has 0 heterocycles. The fraction of sp³-hybridized carbons (Fsp3) is 0.636. The van der Waals surface area contributed by atoms with Gasteiger partial charge in [0.1, 0.15) is 0 Å². The van der Waals surface area contributed by atoms with Crippen molar-refractivity contribution in [1.29, 1.82) is 0 Å². The van der Waals surface area contributed by atoms with Gasteiger partial charge in [0.25, 0.3) is 0 Å². The van der Waals surface area contributed by atoms with Gasteiger partial charge in [0.15, 0.2) is 0 Å². The van der Waals surface area contributed by atoms with E-state index >= 15 is 0 Å². The third kappa shape index (κ3) is 6.70. The van der Waals surface area contributed by atoms with E-state index in [1.165, 1.54) is 69.8 Å². The Kier molecular flexibility index (Phi) is 11.1. The first-order chi connectivity index (χ1) is 16.4. The van der Waals surface area contributed by atoms with Crippen molar-refractivity contribution in [3.63, 3.8) is 0 Å². The molecule has 198 valence electrons. The van der Waals surface area contributed by atoms with Crippen molar-refractivity contribution in [2.24, 2.45) is 0 Å². The van der Waals surface area contributed by atoms with Crippen LogP contribution in [0.3, 0.4) is 0 Å². The normalized spacial score (nSPS) is 18.0. The van der Waals surface area contributed by atoms with Gasteiger partial charge < -0.3 is 20.4 Å². The van der Waals surface area contributed by atoms with Gasteiger partial charge in [-0.05, 0) is 87.9 Å². The van der Waals surface area contributed by atoms with Gasteiger partial charge >= 0.3 is 0 Å². The molecular weight excluding hydrogens is 534 g/mol. The zero-order valence-corrected chi connectivity index (χ0v) is 25.6. The molecule has 0 radical (unpaired) electrons. The van der Waals surface area contributed by atoms with Crippen molar-refractivity contribution in [3.05, 3.63) is 53.1 Å². The Morgan fingerprint density at radius 1 is 0.629 bits per heavy atom. The van der Waals surface area contributed by atoms with E-state index in [9.17, 15) is 0 Å². The molecule has 0 saturated heterocycles. The standard InChI is InChI=1S/C33H49P.Pd/c1-23(2)26-21-30(24(3)4)33(31(22-26)25(5)6)29-19-13-14-20-32(29)34(27-15-9-7-10-16-27)28-17-11-8-12-18-28;/h13-14,19-25,27-28H,7-12,15-18H2,1-6H3;/q;-2. The van der Waals surface area contributed by atoms with Gasteiger partial charge in [-0.15, -0.1) is 0 Å². The fourth-order valence-electron chi connectivity index (χ4n) is 6.59. The summed E-state index contributed by atoms with van der Waals surface area (Å²) in [6.45, 7) is 14.3. The van der Waals surface area contributed by atoms with Crippen LogP contribution in [0.15, 0.2) is 36.4 Å². The molecule has 0 aromatic heterocycles. The summed E-state index contributed by atoms with van der Waals surface area (Å²) < 4.78 is 0. The van der Waals surface area contributed by atoms with Gasteiger partial charge in [-0.25, -0.2) is 0 Å². The van der Waals surface area contributed by atoms with E-state index in [2.05, 4.69) is 77.9 Å². The van der Waals surface area contributed by atoms with Crippen LogP contribution in [0, 0.1) is 0 Å². The van der Waals surface area contributed by atoms with Gasteiger partial charge in [-0.3, -0.25) is 0 Å². The summed E-state index contributed by atoms with van der Waals surface area (Å²) in [4.78, 5) is 0. The van der Waals surface area contributed by atoms with Crippen LogP contribution in [0.25, 0.3) is 11.1 Å². The quantitative estimate of drug-likeness (QED) is 0.225. The third-order valence-corrected chi connectivity index (χ3v) is 12.1. The van der Waals surface area contributed by atoms with E-state index in [0.717, 1.165) is 11.3 Å². The average Bonchev–Trinajstić information content (AvgIpc) is 2.85. The maximum absolute atomic E-state index is 2.56. The first kappa shape index (κ1) is 29.1. The van der Waals surface area contributed by atoms with E-state index in [-0.39, 0.29) is 28.3 Å². The summed E-state index contributed by atoms with van der Waals surface area (Å²) in [5.74, 6) is 1.64. The van der Waals surface area contributed by atoms with Gasteiger partial charge in [0, 0.05) is 0 Å². The van der Waals surface area contributed by atoms with Crippen LogP contribution in [0.1, 0.15) is 140 Å². The Bertz CT molecular complexity index is 885. The third-order valence-electron chi connectivity index (χ3n) is 8.52. The summed E-state index contributed by atoms with van der Waals surface area (Å²) in [7, 11) is -0.120. The van der Waals surface area contributed by atoms with Crippen LogP contribution in [-0.4, -0.2) is 11.3 Å². The summed E-state index contributed by atoms with van der Waals surface area (Å²) in [5.41, 5.74) is 9.71. The molecule has 35 heavy (non-hydrogen) atoms. The van der Waals surface area contributed by atoms with Crippen LogP contribution in [0.4, 0.5) is 0 Å². The molecule has 4 rings (SSSR count). The molecule has 2 aromatic rings. The predicted molar refractivity (Wildman–Crippen MR) is 154 cm³/mol. The minimum absolute atomic E-state index is 0. The molecule has 0 N–H and O–H groups in total. The van der Waals surface area contributed by atoms with Crippen LogP contribution in [0.5, 0.6) is 0 Å². The molecule has 0 bridgehead atoms. The van der Waals surface area contributed by atoms with Gasteiger partial charge in [0.2, 0.25) is 0 Å². The van der Waals surface area contributed by atoms with Crippen molar-refractivity contribution in [3.8, 4) is 11.1 Å². The monoisotopic (exact) mass is 582 g/mol. The Balaban J connectivity index is 0.00000342. The summed E-state index contributed by atoms with van der Waals surface area (Å²) in [5, 5.41) is 1.75. The Morgan fingerprint density at radius 2 is 1.09 bits per heavy atom. The second-order valence-corrected chi connectivity index (χ2v) is 14.8. The van der Waals surface area contributed by atoms with Crippen LogP contribution < -0.4 is 5.30 Å². The zero-order valence-electron chi connectivity index (χ0n) is 23.2. The van der Waals surface area contributed by atoms with E-state index in [4.69, 9.17) is 0 Å². The molecule has 0 spiro atoms. The molecular formula is C33H49PPd-2. The van der Waals surface area contributed by atoms with E-state index in [1.54, 1.807) is 27.6 Å². The van der Waals surface area contributed by atoms with E-state index in [1.807, 2.05) is 0 Å². The number of rotatable bonds is 7. The predicted octanol–water partition coefficient (Wildman–Crippen LogP) is 10.5. The fourth-order valence-corrected chi connectivity index (χ4v) is 10.5. The molecule has 2 heteroatoms. The summed E-state index contributed by atoms with van der Waals surface area (Å²) >= 11 is 0. The van der Waals surface area contributed by atoms with Crippen molar-refractivity contribution >= 4 is 13.2 Å². The maximum Gasteiger partial charge on any atom is -0.0101 e. The van der Waals surface area contributed by atoms with Crippen LogP contribution in [0.2, 0.25) is 0 Å². The summed E-state index contributed by atoms with van der Waals surface area (Å²) in [6.07, 6.45) is 14.6. The molecule has 0 aliphatic heterocycles. The Hall–Kier alpha value is -0.468.